The van der Waals surface area contributed by atoms with Crippen molar-refractivity contribution in [1.29, 1.82) is 0 Å². The van der Waals surface area contributed by atoms with E-state index in [0.29, 0.717) is 18.8 Å². The zero-order valence-electron chi connectivity index (χ0n) is 11.7. The van der Waals surface area contributed by atoms with Crippen molar-refractivity contribution in [3.8, 4) is 5.75 Å². The third-order valence-electron chi connectivity index (χ3n) is 2.38. The number of ether oxygens (including phenoxy) is 2. The van der Waals surface area contributed by atoms with E-state index in [4.69, 9.17) is 9.47 Å². The number of hydrogen-bond donors (Lipinski definition) is 0. The van der Waals surface area contributed by atoms with Gasteiger partial charge in [0.15, 0.2) is 0 Å². The van der Waals surface area contributed by atoms with Crippen LogP contribution in [0.2, 0.25) is 0 Å². The van der Waals surface area contributed by atoms with Crippen molar-refractivity contribution >= 4 is 18.4 Å². The van der Waals surface area contributed by atoms with Gasteiger partial charge in [0, 0.05) is 6.54 Å². The van der Waals surface area contributed by atoms with Crippen LogP contribution in [0.4, 0.5) is 0 Å². The fourth-order valence-electron chi connectivity index (χ4n) is 1.48. The van der Waals surface area contributed by atoms with Crippen LogP contribution in [0.1, 0.15) is 23.7 Å². The second-order valence-corrected chi connectivity index (χ2v) is 4.25. The first-order valence-electron chi connectivity index (χ1n) is 6.18. The molecule has 0 heterocycles. The Hall–Kier alpha value is -1.26. The fourth-order valence-corrected chi connectivity index (χ4v) is 1.48. The van der Waals surface area contributed by atoms with Crippen molar-refractivity contribution in [1.82, 2.24) is 4.90 Å². The lowest BCUT2D eigenvalue weighted by Crippen LogP contribution is -2.16. The fraction of sp³-hybridized carbons (Fsp3) is 0.500. The molecule has 0 bridgehead atoms. The second kappa shape index (κ2) is 9.64. The Bertz CT molecular complexity index is 365. The molecule has 0 N–H and O–H groups in total. The lowest BCUT2D eigenvalue weighted by atomic mass is 10.2. The van der Waals surface area contributed by atoms with Gasteiger partial charge >= 0.3 is 5.97 Å². The first-order chi connectivity index (χ1) is 8.63. The summed E-state index contributed by atoms with van der Waals surface area (Å²) in [4.78, 5) is 13.7. The second-order valence-electron chi connectivity index (χ2n) is 4.25. The van der Waals surface area contributed by atoms with Gasteiger partial charge in [-0.05, 0) is 51.7 Å². The highest BCUT2D eigenvalue weighted by molar-refractivity contribution is 5.89. The van der Waals surface area contributed by atoms with Crippen molar-refractivity contribution < 1.29 is 14.3 Å². The maximum atomic E-state index is 11.7. The highest BCUT2D eigenvalue weighted by Crippen LogP contribution is 2.12. The molecular formula is C14H22ClNO3. The van der Waals surface area contributed by atoms with Gasteiger partial charge in [0.1, 0.15) is 5.75 Å². The van der Waals surface area contributed by atoms with E-state index in [0.717, 1.165) is 18.7 Å². The molecule has 0 amide bonds. The van der Waals surface area contributed by atoms with E-state index in [2.05, 4.69) is 4.90 Å². The molecule has 0 saturated carbocycles. The van der Waals surface area contributed by atoms with Crippen LogP contribution in [-0.4, -0.2) is 44.7 Å². The lowest BCUT2D eigenvalue weighted by molar-refractivity contribution is 0.0493. The van der Waals surface area contributed by atoms with Crippen LogP contribution in [0.5, 0.6) is 5.75 Å². The highest BCUT2D eigenvalue weighted by atomic mass is 35.5. The minimum atomic E-state index is -0.281. The molecular weight excluding hydrogens is 266 g/mol. The molecule has 0 aliphatic heterocycles. The zero-order chi connectivity index (χ0) is 13.4. The van der Waals surface area contributed by atoms with Gasteiger partial charge in [-0.2, -0.15) is 0 Å². The van der Waals surface area contributed by atoms with Crippen LogP contribution >= 0.6 is 12.4 Å². The molecule has 1 aromatic carbocycles. The maximum absolute atomic E-state index is 11.7. The van der Waals surface area contributed by atoms with Crippen LogP contribution in [-0.2, 0) is 4.74 Å². The van der Waals surface area contributed by atoms with Crippen LogP contribution in [0, 0.1) is 0 Å². The lowest BCUT2D eigenvalue weighted by Gasteiger charge is -2.09. The smallest absolute Gasteiger partial charge is 0.338 e. The van der Waals surface area contributed by atoms with Crippen LogP contribution < -0.4 is 4.74 Å². The molecule has 0 aliphatic carbocycles. The molecule has 0 atom stereocenters. The SMILES string of the molecule is CCOc1ccc(C(=O)OCCCN(C)C)cc1.Cl. The van der Waals surface area contributed by atoms with E-state index in [1.54, 1.807) is 24.3 Å². The van der Waals surface area contributed by atoms with Gasteiger partial charge in [0.2, 0.25) is 0 Å². The summed E-state index contributed by atoms with van der Waals surface area (Å²) in [6.07, 6.45) is 0.843. The molecule has 4 nitrogen and oxygen atoms in total. The molecule has 0 saturated heterocycles. The van der Waals surface area contributed by atoms with E-state index >= 15 is 0 Å². The molecule has 1 aromatic rings. The Morgan fingerprint density at radius 3 is 2.37 bits per heavy atom. The van der Waals surface area contributed by atoms with E-state index in [9.17, 15) is 4.79 Å². The third-order valence-corrected chi connectivity index (χ3v) is 2.38. The normalized spacial score (nSPS) is 9.89. The largest absolute Gasteiger partial charge is 0.494 e. The highest BCUT2D eigenvalue weighted by Gasteiger charge is 2.06. The summed E-state index contributed by atoms with van der Waals surface area (Å²) in [5.74, 6) is 0.485. The summed E-state index contributed by atoms with van der Waals surface area (Å²) in [6.45, 7) is 3.90. The number of carbonyl (C=O) groups is 1. The number of rotatable bonds is 7. The summed E-state index contributed by atoms with van der Waals surface area (Å²) in [5, 5.41) is 0. The average molecular weight is 288 g/mol. The minimum absolute atomic E-state index is 0. The molecule has 0 radical (unpaired) electrons. The number of halogens is 1. The number of carbonyl (C=O) groups excluding carboxylic acids is 1. The summed E-state index contributed by atoms with van der Waals surface area (Å²) in [7, 11) is 3.99. The predicted octanol–water partition coefficient (Wildman–Crippen LogP) is 2.62. The Morgan fingerprint density at radius 2 is 1.84 bits per heavy atom. The van der Waals surface area contributed by atoms with Crippen molar-refractivity contribution in [3.63, 3.8) is 0 Å². The molecule has 19 heavy (non-hydrogen) atoms. The van der Waals surface area contributed by atoms with E-state index < -0.39 is 0 Å². The van der Waals surface area contributed by atoms with E-state index in [1.807, 2.05) is 21.0 Å². The van der Waals surface area contributed by atoms with Gasteiger partial charge in [0.05, 0.1) is 18.8 Å². The average Bonchev–Trinajstić information content (AvgIpc) is 2.35. The molecule has 0 aromatic heterocycles. The van der Waals surface area contributed by atoms with E-state index in [1.165, 1.54) is 0 Å². The Balaban J connectivity index is 0.00000324. The third kappa shape index (κ3) is 7.03. The molecule has 0 aliphatic rings. The van der Waals surface area contributed by atoms with Crippen LogP contribution in [0.25, 0.3) is 0 Å². The summed E-state index contributed by atoms with van der Waals surface area (Å²) >= 11 is 0. The van der Waals surface area contributed by atoms with Crippen LogP contribution in [0.3, 0.4) is 0 Å². The quantitative estimate of drug-likeness (QED) is 0.571. The summed E-state index contributed by atoms with van der Waals surface area (Å²) in [6, 6.07) is 7.00. The predicted molar refractivity (Wildman–Crippen MR) is 78.3 cm³/mol. The number of nitrogens with zero attached hydrogens (tertiary/aromatic N) is 1. The molecule has 5 heteroatoms. The van der Waals surface area contributed by atoms with Crippen molar-refractivity contribution in [2.75, 3.05) is 33.9 Å². The topological polar surface area (TPSA) is 38.8 Å². The molecule has 0 fully saturated rings. The Kier molecular flexibility index (Phi) is 9.00. The minimum Gasteiger partial charge on any atom is -0.494 e. The van der Waals surface area contributed by atoms with Gasteiger partial charge in [-0.1, -0.05) is 0 Å². The van der Waals surface area contributed by atoms with Gasteiger partial charge in [-0.3, -0.25) is 0 Å². The van der Waals surface area contributed by atoms with Gasteiger partial charge in [-0.25, -0.2) is 4.79 Å². The molecule has 0 spiro atoms. The van der Waals surface area contributed by atoms with Crippen molar-refractivity contribution in [2.24, 2.45) is 0 Å². The van der Waals surface area contributed by atoms with Gasteiger partial charge in [-0.15, -0.1) is 12.4 Å². The number of esters is 1. The Labute approximate surface area is 121 Å². The standard InChI is InChI=1S/C14H21NO3.ClH/c1-4-17-13-8-6-12(7-9-13)14(16)18-11-5-10-15(2)3;/h6-9H,4-5,10-11H2,1-3H3;1H. The zero-order valence-corrected chi connectivity index (χ0v) is 12.5. The maximum Gasteiger partial charge on any atom is 0.338 e. The summed E-state index contributed by atoms with van der Waals surface area (Å²) in [5.41, 5.74) is 0.559. The summed E-state index contributed by atoms with van der Waals surface area (Å²) < 4.78 is 10.5. The van der Waals surface area contributed by atoms with Crippen molar-refractivity contribution in [2.45, 2.75) is 13.3 Å². The number of hydrogen-bond acceptors (Lipinski definition) is 4. The first kappa shape index (κ1) is 17.7. The number of benzene rings is 1. The van der Waals surface area contributed by atoms with Gasteiger partial charge in [0.25, 0.3) is 0 Å². The molecule has 108 valence electrons. The van der Waals surface area contributed by atoms with Crippen LogP contribution in [0.15, 0.2) is 24.3 Å². The Morgan fingerprint density at radius 1 is 1.21 bits per heavy atom. The first-order valence-corrected chi connectivity index (χ1v) is 6.18. The monoisotopic (exact) mass is 287 g/mol. The molecule has 1 rings (SSSR count). The van der Waals surface area contributed by atoms with Crippen molar-refractivity contribution in [3.05, 3.63) is 29.8 Å². The van der Waals surface area contributed by atoms with E-state index in [-0.39, 0.29) is 18.4 Å². The molecule has 0 unspecified atom stereocenters. The van der Waals surface area contributed by atoms with Gasteiger partial charge < -0.3 is 14.4 Å².